The van der Waals surface area contributed by atoms with Crippen LogP contribution in [0.2, 0.25) is 0 Å². The second kappa shape index (κ2) is 4.56. The molecule has 1 aliphatic rings. The fourth-order valence-corrected chi connectivity index (χ4v) is 3.48. The monoisotopic (exact) mass is 328 g/mol. The van der Waals surface area contributed by atoms with Gasteiger partial charge in [-0.05, 0) is 0 Å². The maximum atomic E-state index is 12.0. The maximum absolute atomic E-state index is 12.0. The Morgan fingerprint density at radius 3 is 2.56 bits per heavy atom. The molecule has 0 fully saturated rings. The summed E-state index contributed by atoms with van der Waals surface area (Å²) in [4.78, 5) is 22.2. The van der Waals surface area contributed by atoms with Crippen LogP contribution in [-0.4, -0.2) is 10.7 Å². The number of Topliss-reactive ketones (excluding diaryl/α,β-unsaturated/α-hetero) is 1. The molecule has 0 spiro atoms. The van der Waals surface area contributed by atoms with Gasteiger partial charge in [-0.3, -0.25) is 0 Å². The van der Waals surface area contributed by atoms with Gasteiger partial charge in [-0.1, -0.05) is 0 Å². The van der Waals surface area contributed by atoms with E-state index in [0.717, 1.165) is 0 Å². The van der Waals surface area contributed by atoms with Crippen LogP contribution in [0.25, 0.3) is 0 Å². The van der Waals surface area contributed by atoms with Crippen molar-refractivity contribution in [2.24, 2.45) is 0 Å². The summed E-state index contributed by atoms with van der Waals surface area (Å²) < 4.78 is 2.11. The molecule has 0 radical (unpaired) electrons. The van der Waals surface area contributed by atoms with E-state index >= 15 is 0 Å². The van der Waals surface area contributed by atoms with Crippen LogP contribution in [0, 0.1) is 10.1 Å². The van der Waals surface area contributed by atoms with Gasteiger partial charge in [0.2, 0.25) is 0 Å². The zero-order chi connectivity index (χ0) is 11.5. The van der Waals surface area contributed by atoms with E-state index in [1.54, 1.807) is 28.3 Å². The number of carbonyl (C=O) groups excluding carboxylic acids is 1. The fourth-order valence-electron chi connectivity index (χ4n) is 1.31. The standard InChI is InChI=1S/C11H7INO3/c14-11(8-4-2-1-3-5-8)10-9(13(15)16)6-7-12-10/h1-7H/q-1. The molecule has 0 bridgehead atoms. The van der Waals surface area contributed by atoms with E-state index in [1.165, 1.54) is 6.08 Å². The molecule has 16 heavy (non-hydrogen) atoms. The van der Waals surface area contributed by atoms with Gasteiger partial charge in [0.25, 0.3) is 0 Å². The van der Waals surface area contributed by atoms with E-state index in [-0.39, 0.29) is 11.5 Å². The van der Waals surface area contributed by atoms with E-state index in [1.807, 2.05) is 6.07 Å². The molecule has 2 rings (SSSR count). The third kappa shape index (κ3) is 2.04. The van der Waals surface area contributed by atoms with Crippen LogP contribution < -0.4 is 21.2 Å². The topological polar surface area (TPSA) is 60.2 Å². The van der Waals surface area contributed by atoms with E-state index in [9.17, 15) is 14.9 Å². The summed E-state index contributed by atoms with van der Waals surface area (Å²) in [6, 6.07) is 8.66. The average molecular weight is 328 g/mol. The quantitative estimate of drug-likeness (QED) is 0.309. The Morgan fingerprint density at radius 2 is 1.94 bits per heavy atom. The summed E-state index contributed by atoms with van der Waals surface area (Å²) in [7, 11) is 0. The van der Waals surface area contributed by atoms with Gasteiger partial charge in [-0.15, -0.1) is 0 Å². The minimum absolute atomic E-state index is 0.0401. The first-order valence-corrected chi connectivity index (χ1v) is 6.81. The molecule has 0 atom stereocenters. The van der Waals surface area contributed by atoms with Crippen LogP contribution in [0.3, 0.4) is 0 Å². The second-order valence-electron chi connectivity index (χ2n) is 3.05. The molecule has 4 nitrogen and oxygen atoms in total. The second-order valence-corrected chi connectivity index (χ2v) is 5.47. The van der Waals surface area contributed by atoms with Gasteiger partial charge in [0.1, 0.15) is 0 Å². The Morgan fingerprint density at radius 1 is 1.25 bits per heavy atom. The van der Waals surface area contributed by atoms with Crippen molar-refractivity contribution in [1.82, 2.24) is 0 Å². The third-order valence-electron chi connectivity index (χ3n) is 2.05. The summed E-state index contributed by atoms with van der Waals surface area (Å²) in [6.07, 6.45) is 1.43. The van der Waals surface area contributed by atoms with Gasteiger partial charge in [-0.25, -0.2) is 0 Å². The van der Waals surface area contributed by atoms with Crippen molar-refractivity contribution in [2.45, 2.75) is 0 Å². The molecule has 0 saturated carbocycles. The van der Waals surface area contributed by atoms with Crippen molar-refractivity contribution >= 4 is 5.78 Å². The van der Waals surface area contributed by atoms with Crippen molar-refractivity contribution in [1.29, 1.82) is 0 Å². The average Bonchev–Trinajstić information content (AvgIpc) is 2.78. The summed E-state index contributed by atoms with van der Waals surface area (Å²) in [5, 5.41) is 10.7. The molecule has 0 unspecified atom stereocenters. The predicted octanol–water partition coefficient (Wildman–Crippen LogP) is -1.03. The SMILES string of the molecule is O=C(C1=C([N+](=O)[O-])C=C[I-]1)c1ccccc1. The minimum atomic E-state index is -0.656. The van der Waals surface area contributed by atoms with E-state index in [0.29, 0.717) is 9.14 Å². The summed E-state index contributed by atoms with van der Waals surface area (Å²) >= 11 is -0.656. The van der Waals surface area contributed by atoms with E-state index in [4.69, 9.17) is 0 Å². The van der Waals surface area contributed by atoms with Crippen LogP contribution in [0.4, 0.5) is 0 Å². The predicted molar refractivity (Wildman–Crippen MR) is 53.9 cm³/mol. The fraction of sp³-hybridized carbons (Fsp3) is 0. The number of hydrogen-bond acceptors (Lipinski definition) is 3. The number of rotatable bonds is 3. The molecule has 1 aliphatic heterocycles. The van der Waals surface area contributed by atoms with Crippen LogP contribution in [0.1, 0.15) is 10.4 Å². The number of allylic oxidation sites excluding steroid dienone is 2. The van der Waals surface area contributed by atoms with Crippen LogP contribution in [0.15, 0.2) is 49.8 Å². The molecule has 0 amide bonds. The molecular weight excluding hydrogens is 321 g/mol. The first-order chi connectivity index (χ1) is 7.70. The molecule has 0 N–H and O–H groups in total. The van der Waals surface area contributed by atoms with Gasteiger partial charge < -0.3 is 0 Å². The Kier molecular flexibility index (Phi) is 3.14. The molecule has 1 heterocycles. The Hall–Kier alpha value is -1.50. The van der Waals surface area contributed by atoms with Gasteiger partial charge >= 0.3 is 102 Å². The van der Waals surface area contributed by atoms with Crippen LogP contribution >= 0.6 is 0 Å². The molecule has 0 aliphatic carbocycles. The van der Waals surface area contributed by atoms with E-state index < -0.39 is 26.1 Å². The molecule has 1 aromatic rings. The summed E-state index contributed by atoms with van der Waals surface area (Å²) in [5.74, 6) is -0.217. The number of nitro groups is 1. The van der Waals surface area contributed by atoms with Gasteiger partial charge in [0.15, 0.2) is 0 Å². The van der Waals surface area contributed by atoms with E-state index in [2.05, 4.69) is 0 Å². The van der Waals surface area contributed by atoms with Crippen LogP contribution in [0.5, 0.6) is 0 Å². The Bertz CT molecular complexity index is 505. The van der Waals surface area contributed by atoms with Crippen molar-refractivity contribution < 1.29 is 30.9 Å². The first kappa shape index (κ1) is 11.0. The molecule has 0 aromatic heterocycles. The number of nitrogens with zero attached hydrogens (tertiary/aromatic N) is 1. The molecule has 5 heteroatoms. The molecule has 1 aromatic carbocycles. The molecule has 82 valence electrons. The summed E-state index contributed by atoms with van der Waals surface area (Å²) in [5.41, 5.74) is 0.474. The number of benzene rings is 1. The Balaban J connectivity index is 2.37. The third-order valence-corrected chi connectivity index (χ3v) is 4.43. The Labute approximate surface area is 102 Å². The van der Waals surface area contributed by atoms with Gasteiger partial charge in [0.05, 0.1) is 0 Å². The number of halogens is 1. The normalized spacial score (nSPS) is 14.8. The first-order valence-electron chi connectivity index (χ1n) is 4.48. The molecular formula is C11H7INO3-. The molecule has 0 saturated heterocycles. The van der Waals surface area contributed by atoms with Crippen LogP contribution in [-0.2, 0) is 0 Å². The van der Waals surface area contributed by atoms with Crippen molar-refractivity contribution in [3.63, 3.8) is 0 Å². The van der Waals surface area contributed by atoms with Crippen molar-refractivity contribution in [3.05, 3.63) is 65.4 Å². The van der Waals surface area contributed by atoms with Gasteiger partial charge in [-0.2, -0.15) is 0 Å². The number of ketones is 1. The van der Waals surface area contributed by atoms with Gasteiger partial charge in [0, 0.05) is 0 Å². The summed E-state index contributed by atoms with van der Waals surface area (Å²) in [6.45, 7) is 0. The number of hydrogen-bond donors (Lipinski definition) is 0. The zero-order valence-electron chi connectivity index (χ0n) is 8.09. The van der Waals surface area contributed by atoms with Crippen molar-refractivity contribution in [2.75, 3.05) is 0 Å². The zero-order valence-corrected chi connectivity index (χ0v) is 10.2. The van der Waals surface area contributed by atoms with Crippen molar-refractivity contribution in [3.8, 4) is 0 Å². The number of carbonyl (C=O) groups is 1.